The average Bonchev–Trinajstić information content (AvgIpc) is 3.78. The monoisotopic (exact) mass is 698 g/mol. The molecule has 0 unspecified atom stereocenters. The molecule has 0 bridgehead atoms. The quantitative estimate of drug-likeness (QED) is 0.233. The van der Waals surface area contributed by atoms with Crippen LogP contribution in [0.1, 0.15) is 11.1 Å². The van der Waals surface area contributed by atoms with Gasteiger partial charge < -0.3 is 0 Å². The molecule has 0 aliphatic heterocycles. The molecule has 2 N–H and O–H groups in total. The topological polar surface area (TPSA) is 120 Å². The number of benzene rings is 3. The summed E-state index contributed by atoms with van der Waals surface area (Å²) in [7, 11) is 0. The van der Waals surface area contributed by atoms with Crippen LogP contribution >= 0.6 is 22.7 Å². The first-order chi connectivity index (χ1) is 19.6. The number of anilines is 2. The van der Waals surface area contributed by atoms with Crippen LogP contribution in [0.15, 0.2) is 82.4 Å². The Hall–Kier alpha value is -3.64. The van der Waals surface area contributed by atoms with Gasteiger partial charge in [-0.25, -0.2) is 0 Å². The first-order valence-corrected chi connectivity index (χ1v) is 17.0. The standard InChI is InChI=1S/C26H18N8O2S2Se2/c35-21-17-8-1-3-10-19(17)39-33(21)25-31-29-23(37-25)27-13-15-6-5-7-16(12-15)14-28-24-30-32-26(38-24)34-22(36)18-9-2-4-11-20(18)40-34/h1-12H,13-14H2,(H,27,29)(H,28,30). The van der Waals surface area contributed by atoms with Gasteiger partial charge >= 0.3 is 248 Å². The van der Waals surface area contributed by atoms with Crippen molar-refractivity contribution in [3.63, 3.8) is 0 Å². The fourth-order valence-electron chi connectivity index (χ4n) is 4.14. The van der Waals surface area contributed by atoms with Gasteiger partial charge in [-0.2, -0.15) is 0 Å². The number of hydrogen-bond acceptors (Lipinski definition) is 10. The van der Waals surface area contributed by atoms with Crippen molar-refractivity contribution in [3.8, 4) is 10.3 Å². The molecule has 10 nitrogen and oxygen atoms in total. The summed E-state index contributed by atoms with van der Waals surface area (Å²) in [5, 5.41) is 27.7. The van der Waals surface area contributed by atoms with Crippen LogP contribution in [-0.2, 0) is 13.1 Å². The van der Waals surface area contributed by atoms with Gasteiger partial charge in [0.15, 0.2) is 0 Å². The van der Waals surface area contributed by atoms with E-state index in [9.17, 15) is 9.59 Å². The van der Waals surface area contributed by atoms with Crippen molar-refractivity contribution in [2.45, 2.75) is 13.1 Å². The molecule has 4 aromatic heterocycles. The molecule has 0 amide bonds. The van der Waals surface area contributed by atoms with Gasteiger partial charge in [-0.3, -0.25) is 0 Å². The molecular weight excluding hydrogens is 678 g/mol. The third-order valence-electron chi connectivity index (χ3n) is 6.04. The van der Waals surface area contributed by atoms with Crippen molar-refractivity contribution in [1.82, 2.24) is 27.5 Å². The fourth-order valence-corrected chi connectivity index (χ4v) is 10.0. The Labute approximate surface area is 246 Å². The number of fused-ring (bicyclic) bond motifs is 2. The van der Waals surface area contributed by atoms with Crippen molar-refractivity contribution >= 4 is 81.7 Å². The van der Waals surface area contributed by atoms with Crippen molar-refractivity contribution in [2.24, 2.45) is 0 Å². The number of nitrogens with zero attached hydrogens (tertiary/aromatic N) is 6. The molecule has 0 radical (unpaired) electrons. The molecule has 0 saturated carbocycles. The average molecular weight is 697 g/mol. The zero-order chi connectivity index (χ0) is 27.1. The van der Waals surface area contributed by atoms with Crippen LogP contribution < -0.4 is 21.8 Å². The van der Waals surface area contributed by atoms with Crippen LogP contribution in [0.3, 0.4) is 0 Å². The van der Waals surface area contributed by atoms with Gasteiger partial charge in [-0.1, -0.05) is 0 Å². The van der Waals surface area contributed by atoms with Crippen molar-refractivity contribution < 1.29 is 0 Å². The molecule has 14 heteroatoms. The van der Waals surface area contributed by atoms with Gasteiger partial charge in [-0.15, -0.1) is 0 Å². The molecule has 0 spiro atoms. The van der Waals surface area contributed by atoms with E-state index < -0.39 is 0 Å². The molecule has 0 fully saturated rings. The summed E-state index contributed by atoms with van der Waals surface area (Å²) in [5.74, 6) is 0. The molecular formula is C26H18N8O2S2Se2. The van der Waals surface area contributed by atoms with E-state index >= 15 is 0 Å². The molecule has 7 rings (SSSR count). The molecule has 7 aromatic rings. The summed E-state index contributed by atoms with van der Waals surface area (Å²) in [6.07, 6.45) is 0. The van der Waals surface area contributed by atoms with E-state index in [1.54, 1.807) is 7.12 Å². The normalized spacial score (nSPS) is 11.4. The number of nitrogens with one attached hydrogen (secondary N) is 2. The number of rotatable bonds is 8. The molecule has 4 heterocycles. The molecule has 0 aliphatic carbocycles. The summed E-state index contributed by atoms with van der Waals surface area (Å²) < 4.78 is 5.59. The predicted octanol–water partition coefficient (Wildman–Crippen LogP) is 3.34. The maximum atomic E-state index is 12.7. The molecule has 40 heavy (non-hydrogen) atoms. The van der Waals surface area contributed by atoms with Crippen molar-refractivity contribution in [1.29, 1.82) is 0 Å². The van der Waals surface area contributed by atoms with Gasteiger partial charge in [0, 0.05) is 0 Å². The second-order valence-corrected chi connectivity index (χ2v) is 14.7. The zero-order valence-electron chi connectivity index (χ0n) is 20.5. The molecule has 0 saturated heterocycles. The van der Waals surface area contributed by atoms with E-state index in [4.69, 9.17) is 0 Å². The number of aromatic nitrogens is 6. The number of hydrogen-bond donors (Lipinski definition) is 2. The van der Waals surface area contributed by atoms with Gasteiger partial charge in [0.05, 0.1) is 0 Å². The predicted molar refractivity (Wildman–Crippen MR) is 161 cm³/mol. The third kappa shape index (κ3) is 4.90. The zero-order valence-corrected chi connectivity index (χ0v) is 25.5. The third-order valence-corrected chi connectivity index (χ3v) is 12.8. The van der Waals surface area contributed by atoms with Crippen LogP contribution in [0.2, 0.25) is 0 Å². The van der Waals surface area contributed by atoms with Gasteiger partial charge in [0.25, 0.3) is 0 Å². The molecule has 3 aromatic carbocycles. The minimum atomic E-state index is -0.130. The Kier molecular flexibility index (Phi) is 6.80. The van der Waals surface area contributed by atoms with Crippen LogP contribution in [0.25, 0.3) is 29.6 Å². The van der Waals surface area contributed by atoms with E-state index in [0.717, 1.165) is 30.4 Å². The Morgan fingerprint density at radius 1 is 0.625 bits per heavy atom. The fraction of sp³-hybridized carbons (Fsp3) is 0.0769. The molecule has 0 atom stereocenters. The van der Waals surface area contributed by atoms with E-state index in [1.807, 2.05) is 66.7 Å². The SMILES string of the molecule is O=c1c2ccccc2[se]n1-c1nnc(NCc2cccc(CNc3nnc(-n4[se]c5ccccc5c4=O)s3)c2)s1. The van der Waals surface area contributed by atoms with Crippen molar-refractivity contribution in [3.05, 3.63) is 105 Å². The Morgan fingerprint density at radius 2 is 1.10 bits per heavy atom. The van der Waals surface area contributed by atoms with E-state index in [1.165, 1.54) is 22.7 Å². The first-order valence-electron chi connectivity index (χ1n) is 12.1. The van der Waals surface area contributed by atoms with E-state index in [0.29, 0.717) is 33.6 Å². The minimum absolute atomic E-state index is 0.0147. The maximum absolute atomic E-state index is 12.7. The first kappa shape index (κ1) is 25.3. The van der Waals surface area contributed by atoms with Crippen molar-refractivity contribution in [2.75, 3.05) is 10.6 Å². The second-order valence-electron chi connectivity index (χ2n) is 8.68. The second kappa shape index (κ2) is 10.7. The van der Waals surface area contributed by atoms with Gasteiger partial charge in [-0.05, 0) is 0 Å². The summed E-state index contributed by atoms with van der Waals surface area (Å²) in [4.78, 5) is 25.5. The summed E-state index contributed by atoms with van der Waals surface area (Å²) in [6, 6.07) is 23.6. The van der Waals surface area contributed by atoms with Gasteiger partial charge in [0.1, 0.15) is 0 Å². The summed E-state index contributed by atoms with van der Waals surface area (Å²) in [5.41, 5.74) is 2.15. The molecule has 198 valence electrons. The Bertz CT molecular complexity index is 1960. The van der Waals surface area contributed by atoms with Crippen LogP contribution in [0.5, 0.6) is 0 Å². The van der Waals surface area contributed by atoms with Gasteiger partial charge in [0.2, 0.25) is 0 Å². The Balaban J connectivity index is 0.998. The molecule has 0 aliphatic rings. The Morgan fingerprint density at radius 3 is 1.57 bits per heavy atom. The van der Waals surface area contributed by atoms with Crippen LogP contribution in [-0.4, -0.2) is 57.0 Å². The van der Waals surface area contributed by atoms with Crippen LogP contribution in [0.4, 0.5) is 10.3 Å². The van der Waals surface area contributed by atoms with Crippen LogP contribution in [0, 0.1) is 0 Å². The van der Waals surface area contributed by atoms with E-state index in [2.05, 4.69) is 37.1 Å². The summed E-state index contributed by atoms with van der Waals surface area (Å²) in [6.45, 7) is 1.15. The summed E-state index contributed by atoms with van der Waals surface area (Å²) >= 11 is 2.50. The van der Waals surface area contributed by atoms with E-state index in [-0.39, 0.29) is 40.6 Å².